The molecule has 0 aliphatic heterocycles. The van der Waals surface area contributed by atoms with Crippen molar-refractivity contribution < 1.29 is 23.9 Å². The van der Waals surface area contributed by atoms with E-state index in [9.17, 15) is 14.4 Å². The summed E-state index contributed by atoms with van der Waals surface area (Å²) in [7, 11) is 0. The fraction of sp³-hybridized carbons (Fsp3) is 0.688. The van der Waals surface area contributed by atoms with Gasteiger partial charge in [-0.15, -0.1) is 0 Å². The zero-order valence-electron chi connectivity index (χ0n) is 13.0. The van der Waals surface area contributed by atoms with E-state index in [1.54, 1.807) is 13.8 Å². The van der Waals surface area contributed by atoms with Crippen LogP contribution in [-0.4, -0.2) is 30.4 Å². The van der Waals surface area contributed by atoms with Gasteiger partial charge in [-0.1, -0.05) is 6.58 Å². The average molecular weight is 296 g/mol. The van der Waals surface area contributed by atoms with Crippen molar-refractivity contribution in [3.8, 4) is 0 Å². The maximum atomic E-state index is 11.7. The Morgan fingerprint density at radius 1 is 1.14 bits per heavy atom. The van der Waals surface area contributed by atoms with E-state index in [1.807, 2.05) is 0 Å². The second-order valence-corrected chi connectivity index (χ2v) is 5.79. The maximum Gasteiger partial charge on any atom is 0.333 e. The molecule has 0 radical (unpaired) electrons. The van der Waals surface area contributed by atoms with E-state index in [0.717, 1.165) is 25.7 Å². The molecule has 1 unspecified atom stereocenters. The first-order valence-corrected chi connectivity index (χ1v) is 7.34. The van der Waals surface area contributed by atoms with Gasteiger partial charge in [0.15, 0.2) is 0 Å². The highest BCUT2D eigenvalue weighted by molar-refractivity contribution is 5.97. The van der Waals surface area contributed by atoms with Crippen molar-refractivity contribution >= 4 is 17.7 Å². The second-order valence-electron chi connectivity index (χ2n) is 5.79. The lowest BCUT2D eigenvalue weighted by atomic mass is 9.88. The van der Waals surface area contributed by atoms with Crippen molar-refractivity contribution in [1.82, 2.24) is 0 Å². The molecule has 0 amide bonds. The molecule has 0 spiro atoms. The average Bonchev–Trinajstić information content (AvgIpc) is 2.44. The third-order valence-electron chi connectivity index (χ3n) is 3.84. The van der Waals surface area contributed by atoms with E-state index in [0.29, 0.717) is 18.1 Å². The summed E-state index contributed by atoms with van der Waals surface area (Å²) >= 11 is 0. The Hall–Kier alpha value is -1.65. The summed E-state index contributed by atoms with van der Waals surface area (Å²) < 4.78 is 10.5. The molecule has 0 N–H and O–H groups in total. The largest absolute Gasteiger partial charge is 0.462 e. The van der Waals surface area contributed by atoms with Crippen molar-refractivity contribution in [2.45, 2.75) is 52.6 Å². The standard InChI is InChI=1S/C16H24O5/c1-10(2)15(18)20-9-13-5-7-14(8-6-13)21-16(19)11(3)12(4)17/h11,13-14H,1,5-9H2,2-4H3. The van der Waals surface area contributed by atoms with E-state index in [2.05, 4.69) is 6.58 Å². The number of ketones is 1. The Labute approximate surface area is 125 Å². The van der Waals surface area contributed by atoms with Crippen LogP contribution in [-0.2, 0) is 23.9 Å². The minimum Gasteiger partial charge on any atom is -0.462 e. The molecule has 21 heavy (non-hydrogen) atoms. The highest BCUT2D eigenvalue weighted by Crippen LogP contribution is 2.27. The molecule has 1 saturated carbocycles. The summed E-state index contributed by atoms with van der Waals surface area (Å²) in [6, 6.07) is 0. The van der Waals surface area contributed by atoms with E-state index in [-0.39, 0.29) is 17.9 Å². The number of hydrogen-bond donors (Lipinski definition) is 0. The summed E-state index contributed by atoms with van der Waals surface area (Å²) in [5.41, 5.74) is 0.399. The Bertz CT molecular complexity index is 418. The topological polar surface area (TPSA) is 69.7 Å². The molecule has 5 heteroatoms. The first kappa shape index (κ1) is 17.4. The predicted molar refractivity (Wildman–Crippen MR) is 77.5 cm³/mol. The fourth-order valence-electron chi connectivity index (χ4n) is 2.17. The molecule has 1 atom stereocenters. The van der Waals surface area contributed by atoms with E-state index < -0.39 is 11.9 Å². The number of carbonyl (C=O) groups is 3. The first-order valence-electron chi connectivity index (χ1n) is 7.34. The number of rotatable bonds is 6. The lowest BCUT2D eigenvalue weighted by Crippen LogP contribution is -2.30. The van der Waals surface area contributed by atoms with Gasteiger partial charge in [-0.05, 0) is 52.4 Å². The van der Waals surface area contributed by atoms with Gasteiger partial charge in [-0.3, -0.25) is 9.59 Å². The van der Waals surface area contributed by atoms with Crippen LogP contribution in [0.3, 0.4) is 0 Å². The Kier molecular flexibility index (Phi) is 6.59. The maximum absolute atomic E-state index is 11.7. The summed E-state index contributed by atoms with van der Waals surface area (Å²) in [4.78, 5) is 34.1. The van der Waals surface area contributed by atoms with Crippen LogP contribution in [0.5, 0.6) is 0 Å². The van der Waals surface area contributed by atoms with E-state index >= 15 is 0 Å². The monoisotopic (exact) mass is 296 g/mol. The zero-order chi connectivity index (χ0) is 16.0. The smallest absolute Gasteiger partial charge is 0.333 e. The predicted octanol–water partition coefficient (Wildman–Crippen LogP) is 2.43. The molecule has 118 valence electrons. The summed E-state index contributed by atoms with van der Waals surface area (Å²) in [5.74, 6) is -1.38. The van der Waals surface area contributed by atoms with Gasteiger partial charge < -0.3 is 9.47 Å². The summed E-state index contributed by atoms with van der Waals surface area (Å²) in [6.07, 6.45) is 3.04. The summed E-state index contributed by atoms with van der Waals surface area (Å²) in [5, 5.41) is 0. The van der Waals surface area contributed by atoms with Crippen LogP contribution in [0, 0.1) is 11.8 Å². The molecule has 0 saturated heterocycles. The van der Waals surface area contributed by atoms with Crippen LogP contribution < -0.4 is 0 Å². The Morgan fingerprint density at radius 2 is 1.71 bits per heavy atom. The van der Waals surface area contributed by atoms with Crippen molar-refractivity contribution in [3.05, 3.63) is 12.2 Å². The number of carbonyl (C=O) groups excluding carboxylic acids is 3. The van der Waals surface area contributed by atoms with Gasteiger partial charge in [0.2, 0.25) is 0 Å². The van der Waals surface area contributed by atoms with E-state index in [1.165, 1.54) is 6.92 Å². The highest BCUT2D eigenvalue weighted by Gasteiger charge is 2.27. The molecule has 0 heterocycles. The van der Waals surface area contributed by atoms with Crippen LogP contribution in [0.15, 0.2) is 12.2 Å². The molecule has 1 aliphatic carbocycles. The van der Waals surface area contributed by atoms with Crippen molar-refractivity contribution in [3.63, 3.8) is 0 Å². The van der Waals surface area contributed by atoms with Crippen LogP contribution in [0.4, 0.5) is 0 Å². The number of esters is 2. The van der Waals surface area contributed by atoms with Crippen LogP contribution in [0.25, 0.3) is 0 Å². The fourth-order valence-corrected chi connectivity index (χ4v) is 2.17. The quantitative estimate of drug-likeness (QED) is 0.428. The van der Waals surface area contributed by atoms with Gasteiger partial charge in [0.25, 0.3) is 0 Å². The van der Waals surface area contributed by atoms with Crippen LogP contribution >= 0.6 is 0 Å². The lowest BCUT2D eigenvalue weighted by molar-refractivity contribution is -0.157. The molecule has 0 aromatic rings. The second kappa shape index (κ2) is 7.96. The first-order chi connectivity index (χ1) is 9.81. The third-order valence-corrected chi connectivity index (χ3v) is 3.84. The lowest BCUT2D eigenvalue weighted by Gasteiger charge is -2.28. The van der Waals surface area contributed by atoms with Crippen LogP contribution in [0.2, 0.25) is 0 Å². The van der Waals surface area contributed by atoms with Gasteiger partial charge >= 0.3 is 11.9 Å². The molecule has 1 rings (SSSR count). The third kappa shape index (κ3) is 5.69. The summed E-state index contributed by atoms with van der Waals surface area (Å²) in [6.45, 7) is 8.49. The van der Waals surface area contributed by atoms with Gasteiger partial charge in [0.05, 0.1) is 6.61 Å². The molecule has 1 fully saturated rings. The highest BCUT2D eigenvalue weighted by atomic mass is 16.5. The van der Waals surface area contributed by atoms with Crippen molar-refractivity contribution in [2.24, 2.45) is 11.8 Å². The minimum absolute atomic E-state index is 0.132. The molecule has 0 bridgehead atoms. The van der Waals surface area contributed by atoms with Crippen molar-refractivity contribution in [2.75, 3.05) is 6.61 Å². The normalized spacial score (nSPS) is 23.0. The van der Waals surface area contributed by atoms with Gasteiger partial charge in [-0.2, -0.15) is 0 Å². The Morgan fingerprint density at radius 3 is 2.19 bits per heavy atom. The van der Waals surface area contributed by atoms with Crippen molar-refractivity contribution in [1.29, 1.82) is 0 Å². The van der Waals surface area contributed by atoms with Gasteiger partial charge in [0.1, 0.15) is 17.8 Å². The minimum atomic E-state index is -0.695. The molecule has 0 aromatic carbocycles. The molecule has 5 nitrogen and oxygen atoms in total. The Balaban J connectivity index is 2.29. The van der Waals surface area contributed by atoms with Gasteiger partial charge in [0, 0.05) is 5.57 Å². The van der Waals surface area contributed by atoms with E-state index in [4.69, 9.17) is 9.47 Å². The zero-order valence-corrected chi connectivity index (χ0v) is 13.0. The molecular weight excluding hydrogens is 272 g/mol. The molecule has 1 aliphatic rings. The number of hydrogen-bond acceptors (Lipinski definition) is 5. The number of Topliss-reactive ketones (excluding diaryl/α,β-unsaturated/α-hetero) is 1. The number of ether oxygens (including phenoxy) is 2. The molecular formula is C16H24O5. The SMILES string of the molecule is C=C(C)C(=O)OCC1CCC(OC(=O)C(C)C(C)=O)CC1. The molecule has 0 aromatic heterocycles. The van der Waals surface area contributed by atoms with Gasteiger partial charge in [-0.25, -0.2) is 4.79 Å². The van der Waals surface area contributed by atoms with Crippen LogP contribution in [0.1, 0.15) is 46.5 Å².